The Labute approximate surface area is 119 Å². The molecule has 0 saturated carbocycles. The first kappa shape index (κ1) is 15.8. The van der Waals surface area contributed by atoms with E-state index in [0.29, 0.717) is 36.5 Å². The molecule has 20 heavy (non-hydrogen) atoms. The van der Waals surface area contributed by atoms with Crippen molar-refractivity contribution in [2.45, 2.75) is 33.2 Å². The monoisotopic (exact) mass is 275 g/mol. The summed E-state index contributed by atoms with van der Waals surface area (Å²) in [7, 11) is 0. The van der Waals surface area contributed by atoms with E-state index in [2.05, 4.69) is 6.07 Å². The van der Waals surface area contributed by atoms with Gasteiger partial charge in [-0.25, -0.2) is 4.79 Å². The summed E-state index contributed by atoms with van der Waals surface area (Å²) >= 11 is 0. The summed E-state index contributed by atoms with van der Waals surface area (Å²) < 4.78 is 5.07. The van der Waals surface area contributed by atoms with Crippen LogP contribution in [0.3, 0.4) is 0 Å². The summed E-state index contributed by atoms with van der Waals surface area (Å²) in [6, 6.07) is 7.42. The van der Waals surface area contributed by atoms with Crippen LogP contribution in [0.15, 0.2) is 18.2 Å². The van der Waals surface area contributed by atoms with E-state index in [1.54, 1.807) is 25.1 Å². The number of carbonyl (C=O) groups is 1. The zero-order valence-corrected chi connectivity index (χ0v) is 12.2. The number of nitrogens with zero attached hydrogens (tertiary/aromatic N) is 2. The molecule has 108 valence electrons. The summed E-state index contributed by atoms with van der Waals surface area (Å²) in [5.74, 6) is -0.391. The Bertz CT molecular complexity index is 506. The molecule has 0 radical (unpaired) electrons. The smallest absolute Gasteiger partial charge is 0.340 e. The molecule has 0 aliphatic carbocycles. The zero-order valence-electron chi connectivity index (χ0n) is 12.2. The topological polar surface area (TPSA) is 79.3 Å². The predicted octanol–water partition coefficient (Wildman–Crippen LogP) is 2.57. The maximum Gasteiger partial charge on any atom is 0.340 e. The van der Waals surface area contributed by atoms with Crippen molar-refractivity contribution < 1.29 is 9.53 Å². The van der Waals surface area contributed by atoms with Gasteiger partial charge in [0, 0.05) is 12.6 Å². The number of esters is 1. The van der Waals surface area contributed by atoms with Crippen LogP contribution in [0.1, 0.15) is 37.6 Å². The number of benzene rings is 1. The third-order valence-corrected chi connectivity index (χ3v) is 2.94. The molecular formula is C15H21N3O2. The van der Waals surface area contributed by atoms with E-state index in [4.69, 9.17) is 15.7 Å². The number of rotatable bonds is 6. The van der Waals surface area contributed by atoms with E-state index in [1.807, 2.05) is 18.7 Å². The molecule has 0 atom stereocenters. The number of nitrogen functional groups attached to an aromatic ring is 1. The van der Waals surface area contributed by atoms with Gasteiger partial charge in [0.2, 0.25) is 0 Å². The molecule has 0 amide bonds. The molecular weight excluding hydrogens is 254 g/mol. The summed E-state index contributed by atoms with van der Waals surface area (Å²) in [6.45, 7) is 6.60. The van der Waals surface area contributed by atoms with Gasteiger partial charge in [-0.2, -0.15) is 5.26 Å². The number of hydrogen-bond donors (Lipinski definition) is 1. The summed E-state index contributed by atoms with van der Waals surface area (Å²) in [6.07, 6.45) is 0.370. The van der Waals surface area contributed by atoms with Crippen molar-refractivity contribution in [2.24, 2.45) is 0 Å². The average Bonchev–Trinajstić information content (AvgIpc) is 2.40. The largest absolute Gasteiger partial charge is 0.462 e. The molecule has 0 aromatic heterocycles. The van der Waals surface area contributed by atoms with Crippen LogP contribution in [0.5, 0.6) is 0 Å². The molecule has 0 saturated heterocycles. The fourth-order valence-corrected chi connectivity index (χ4v) is 2.05. The Morgan fingerprint density at radius 2 is 2.20 bits per heavy atom. The Balaban J connectivity index is 3.25. The second kappa shape index (κ2) is 7.39. The Morgan fingerprint density at radius 1 is 1.50 bits per heavy atom. The van der Waals surface area contributed by atoms with E-state index < -0.39 is 5.97 Å². The maximum absolute atomic E-state index is 12.0. The lowest BCUT2D eigenvalue weighted by Crippen LogP contribution is -2.33. The van der Waals surface area contributed by atoms with Crippen molar-refractivity contribution in [3.05, 3.63) is 23.8 Å². The van der Waals surface area contributed by atoms with Gasteiger partial charge in [0.25, 0.3) is 0 Å². The highest BCUT2D eigenvalue weighted by Gasteiger charge is 2.21. The molecule has 0 spiro atoms. The number of ether oxygens (including phenoxy) is 1. The van der Waals surface area contributed by atoms with Crippen LogP contribution in [-0.4, -0.2) is 25.2 Å². The Kier molecular flexibility index (Phi) is 5.85. The fraction of sp³-hybridized carbons (Fsp3) is 0.467. The minimum Gasteiger partial charge on any atom is -0.462 e. The van der Waals surface area contributed by atoms with E-state index in [0.717, 1.165) is 0 Å². The lowest BCUT2D eigenvalue weighted by molar-refractivity contribution is 0.0527. The quantitative estimate of drug-likeness (QED) is 0.637. The second-order valence-corrected chi connectivity index (χ2v) is 4.66. The van der Waals surface area contributed by atoms with Crippen LogP contribution in [0, 0.1) is 11.3 Å². The lowest BCUT2D eigenvalue weighted by Gasteiger charge is -2.30. The van der Waals surface area contributed by atoms with E-state index in [1.165, 1.54) is 0 Å². The van der Waals surface area contributed by atoms with Gasteiger partial charge in [-0.15, -0.1) is 0 Å². The minimum atomic E-state index is -0.391. The van der Waals surface area contributed by atoms with Crippen molar-refractivity contribution in [3.63, 3.8) is 0 Å². The average molecular weight is 275 g/mol. The Morgan fingerprint density at radius 3 is 2.75 bits per heavy atom. The molecule has 0 heterocycles. The van der Waals surface area contributed by atoms with Gasteiger partial charge in [0.15, 0.2) is 0 Å². The van der Waals surface area contributed by atoms with Gasteiger partial charge in [-0.3, -0.25) is 0 Å². The highest BCUT2D eigenvalue weighted by Crippen LogP contribution is 2.30. The van der Waals surface area contributed by atoms with Gasteiger partial charge < -0.3 is 15.4 Å². The molecule has 5 nitrogen and oxygen atoms in total. The summed E-state index contributed by atoms with van der Waals surface area (Å²) in [5, 5.41) is 8.78. The van der Waals surface area contributed by atoms with Gasteiger partial charge in [-0.05, 0) is 32.9 Å². The lowest BCUT2D eigenvalue weighted by atomic mass is 10.1. The Hall–Kier alpha value is -2.22. The fourth-order valence-electron chi connectivity index (χ4n) is 2.05. The molecule has 0 unspecified atom stereocenters. The first-order valence-corrected chi connectivity index (χ1v) is 6.72. The summed E-state index contributed by atoms with van der Waals surface area (Å²) in [4.78, 5) is 14.0. The number of hydrogen-bond acceptors (Lipinski definition) is 5. The third-order valence-electron chi connectivity index (χ3n) is 2.94. The van der Waals surface area contributed by atoms with Crippen molar-refractivity contribution >= 4 is 17.3 Å². The zero-order chi connectivity index (χ0) is 15.1. The predicted molar refractivity (Wildman–Crippen MR) is 79.5 cm³/mol. The van der Waals surface area contributed by atoms with Crippen molar-refractivity contribution in [1.29, 1.82) is 5.26 Å². The number of anilines is 2. The van der Waals surface area contributed by atoms with E-state index in [-0.39, 0.29) is 6.04 Å². The number of para-hydroxylation sites is 1. The normalized spacial score (nSPS) is 10.2. The summed E-state index contributed by atoms with van der Waals surface area (Å²) in [5.41, 5.74) is 7.64. The SMILES string of the molecule is CCOC(=O)c1cccc(N)c1N(CCC#N)C(C)C. The number of carbonyl (C=O) groups excluding carboxylic acids is 1. The van der Waals surface area contributed by atoms with Crippen molar-refractivity contribution in [3.8, 4) is 6.07 Å². The van der Waals surface area contributed by atoms with Crippen molar-refractivity contribution in [1.82, 2.24) is 0 Å². The van der Waals surface area contributed by atoms with Crippen LogP contribution < -0.4 is 10.6 Å². The minimum absolute atomic E-state index is 0.126. The van der Waals surface area contributed by atoms with Crippen LogP contribution in [-0.2, 0) is 4.74 Å². The van der Waals surface area contributed by atoms with Crippen LogP contribution in [0.4, 0.5) is 11.4 Å². The van der Waals surface area contributed by atoms with E-state index in [9.17, 15) is 4.79 Å². The molecule has 1 aromatic rings. The second-order valence-electron chi connectivity index (χ2n) is 4.66. The van der Waals surface area contributed by atoms with Gasteiger partial charge in [-0.1, -0.05) is 6.07 Å². The molecule has 1 rings (SSSR count). The molecule has 5 heteroatoms. The first-order chi connectivity index (χ1) is 9.52. The highest BCUT2D eigenvalue weighted by molar-refractivity contribution is 5.99. The molecule has 2 N–H and O–H groups in total. The third kappa shape index (κ3) is 3.64. The van der Waals surface area contributed by atoms with Crippen molar-refractivity contribution in [2.75, 3.05) is 23.8 Å². The molecule has 0 bridgehead atoms. The van der Waals surface area contributed by atoms with E-state index >= 15 is 0 Å². The van der Waals surface area contributed by atoms with Crippen LogP contribution >= 0.6 is 0 Å². The molecule has 0 fully saturated rings. The molecule has 0 aliphatic heterocycles. The number of nitriles is 1. The van der Waals surface area contributed by atoms with Crippen LogP contribution in [0.2, 0.25) is 0 Å². The molecule has 1 aromatic carbocycles. The van der Waals surface area contributed by atoms with Gasteiger partial charge in [0.1, 0.15) is 0 Å². The van der Waals surface area contributed by atoms with Gasteiger partial charge >= 0.3 is 5.97 Å². The molecule has 0 aliphatic rings. The standard InChI is InChI=1S/C15H21N3O2/c1-4-20-15(19)12-7-5-8-13(17)14(12)18(11(2)3)10-6-9-16/h5,7-8,11H,4,6,10,17H2,1-3H3. The van der Waals surface area contributed by atoms with Crippen LogP contribution in [0.25, 0.3) is 0 Å². The number of nitrogens with two attached hydrogens (primary N) is 1. The first-order valence-electron chi connectivity index (χ1n) is 6.72. The highest BCUT2D eigenvalue weighted by atomic mass is 16.5. The van der Waals surface area contributed by atoms with Gasteiger partial charge in [0.05, 0.1) is 36.0 Å². The maximum atomic E-state index is 12.0.